The van der Waals surface area contributed by atoms with Crippen molar-refractivity contribution < 1.29 is 30.8 Å². The standard InChI is InChI=1S/4FH.Pt/h4*1H;/q;;;;+4/p-4. The van der Waals surface area contributed by atoms with Crippen LogP contribution in [0.25, 0.3) is 0 Å². The van der Waals surface area contributed by atoms with Crippen LogP contribution in [0, 0.1) is 0 Å². The van der Waals surface area contributed by atoms with Crippen LogP contribution < -0.4 is 0 Å². The zero-order valence-corrected chi connectivity index (χ0v) is 4.10. The Morgan fingerprint density at radius 2 is 0.800 bits per heavy atom. The van der Waals surface area contributed by atoms with Crippen molar-refractivity contribution in [2.45, 2.75) is 0 Å². The van der Waals surface area contributed by atoms with Gasteiger partial charge >= 0.3 is 30.8 Å². The Balaban J connectivity index is 3.02. The van der Waals surface area contributed by atoms with Gasteiger partial charge in [0.1, 0.15) is 0 Å². The first-order valence-corrected chi connectivity index (χ1v) is 3.91. The van der Waals surface area contributed by atoms with Gasteiger partial charge in [0.2, 0.25) is 0 Å². The molecule has 0 fully saturated rings. The van der Waals surface area contributed by atoms with Gasteiger partial charge in [0.15, 0.2) is 0 Å². The Morgan fingerprint density at radius 1 is 0.800 bits per heavy atom. The molecule has 0 aromatic carbocycles. The van der Waals surface area contributed by atoms with Crippen LogP contribution in [-0.4, -0.2) is 0 Å². The number of halogens is 4. The summed E-state index contributed by atoms with van der Waals surface area (Å²) in [5.41, 5.74) is 0. The average molecular weight is 271 g/mol. The molecule has 0 aromatic heterocycles. The molecule has 5 heavy (non-hydrogen) atoms. The van der Waals surface area contributed by atoms with Crippen molar-refractivity contribution >= 4 is 0 Å². The maximum atomic E-state index is 9.87. The van der Waals surface area contributed by atoms with Crippen LogP contribution >= 0.6 is 0 Å². The molecule has 0 aliphatic carbocycles. The van der Waals surface area contributed by atoms with Gasteiger partial charge in [-0.05, 0) is 0 Å². The molecule has 0 nitrogen and oxygen atoms in total. The van der Waals surface area contributed by atoms with Crippen LogP contribution in [0.3, 0.4) is 0 Å². The van der Waals surface area contributed by atoms with E-state index in [0.717, 1.165) is 0 Å². The second-order valence-corrected chi connectivity index (χ2v) is 2.22. The molecule has 5 heteroatoms. The number of hydrogen-bond donors (Lipinski definition) is 0. The fraction of sp³-hybridized carbons (Fsp3) is 0. The van der Waals surface area contributed by atoms with Crippen molar-refractivity contribution in [2.75, 3.05) is 0 Å². The molecule has 0 amide bonds. The van der Waals surface area contributed by atoms with E-state index in [2.05, 4.69) is 0 Å². The van der Waals surface area contributed by atoms with E-state index in [0.29, 0.717) is 0 Å². The van der Waals surface area contributed by atoms with Gasteiger partial charge in [-0.1, -0.05) is 0 Å². The summed E-state index contributed by atoms with van der Waals surface area (Å²) in [6.45, 7) is 0. The molecule has 0 atom stereocenters. The van der Waals surface area contributed by atoms with Crippen molar-refractivity contribution in [3.8, 4) is 0 Å². The monoisotopic (exact) mass is 271 g/mol. The SMILES string of the molecule is [F][Pt]([F])([F])[F]. The van der Waals surface area contributed by atoms with Crippen LogP contribution in [-0.2, 0) is 18.2 Å². The molecular formula is F4Pt. The Morgan fingerprint density at radius 3 is 0.800 bits per heavy atom. The van der Waals surface area contributed by atoms with Gasteiger partial charge < -0.3 is 0 Å². The van der Waals surface area contributed by atoms with Gasteiger partial charge in [-0.2, -0.15) is 0 Å². The molecule has 0 spiro atoms. The van der Waals surface area contributed by atoms with Crippen molar-refractivity contribution in [3.63, 3.8) is 0 Å². The Labute approximate surface area is 31.6 Å². The summed E-state index contributed by atoms with van der Waals surface area (Å²) < 4.78 is 39.5. The van der Waals surface area contributed by atoms with Gasteiger partial charge in [-0.3, -0.25) is 0 Å². The van der Waals surface area contributed by atoms with Crippen molar-refractivity contribution in [1.82, 2.24) is 0 Å². The third-order valence-corrected chi connectivity index (χ3v) is 0. The van der Waals surface area contributed by atoms with Gasteiger partial charge in [0, 0.05) is 0 Å². The summed E-state index contributed by atoms with van der Waals surface area (Å²) in [6, 6.07) is 0. The predicted molar refractivity (Wildman–Crippen MR) is 4.43 cm³/mol. The van der Waals surface area contributed by atoms with Crippen LogP contribution in [0.2, 0.25) is 0 Å². The van der Waals surface area contributed by atoms with E-state index in [4.69, 9.17) is 0 Å². The van der Waals surface area contributed by atoms with Gasteiger partial charge in [-0.15, -0.1) is 0 Å². The minimum atomic E-state index is -6.94. The molecule has 0 aromatic rings. The Kier molecular flexibility index (Phi) is 1.35. The minimum absolute atomic E-state index is 6.94. The molecule has 38 valence electrons. The molecule has 0 unspecified atom stereocenters. The zero-order valence-electron chi connectivity index (χ0n) is 1.83. The predicted octanol–water partition coefficient (Wildman–Crippen LogP) is 1.68. The normalized spacial score (nSPS) is 15.2. The van der Waals surface area contributed by atoms with E-state index in [9.17, 15) is 12.6 Å². The molecular weight excluding hydrogens is 271 g/mol. The molecule has 0 saturated carbocycles. The molecule has 0 saturated heterocycles. The fourth-order valence-corrected chi connectivity index (χ4v) is 0. The topological polar surface area (TPSA) is 0 Å². The molecule has 0 aliphatic rings. The molecule has 0 rings (SSSR count). The van der Waals surface area contributed by atoms with E-state index < -0.39 is 18.2 Å². The molecule has 0 heterocycles. The zero-order chi connectivity index (χ0) is 4.50. The molecule has 0 N–H and O–H groups in total. The first-order valence-electron chi connectivity index (χ1n) is 0.478. The van der Waals surface area contributed by atoms with E-state index in [1.165, 1.54) is 0 Å². The van der Waals surface area contributed by atoms with Crippen LogP contribution in [0.15, 0.2) is 0 Å². The molecule has 0 bridgehead atoms. The quantitative estimate of drug-likeness (QED) is 0.588. The maximum absolute atomic E-state index is 9.87. The van der Waals surface area contributed by atoms with E-state index in [1.807, 2.05) is 0 Å². The molecule has 0 radical (unpaired) electrons. The third-order valence-electron chi connectivity index (χ3n) is 0. The van der Waals surface area contributed by atoms with Crippen LogP contribution in [0.4, 0.5) is 12.6 Å². The summed E-state index contributed by atoms with van der Waals surface area (Å²) in [7, 11) is 0. The first kappa shape index (κ1) is 5.41. The summed E-state index contributed by atoms with van der Waals surface area (Å²) in [6.07, 6.45) is 0. The molecule has 0 aliphatic heterocycles. The second-order valence-electron chi connectivity index (χ2n) is 0.271. The summed E-state index contributed by atoms with van der Waals surface area (Å²) in [4.78, 5) is 0. The van der Waals surface area contributed by atoms with Gasteiger partial charge in [-0.25, -0.2) is 0 Å². The number of rotatable bonds is 0. The third kappa shape index (κ3) is 153. The van der Waals surface area contributed by atoms with Crippen LogP contribution in [0.1, 0.15) is 0 Å². The van der Waals surface area contributed by atoms with Gasteiger partial charge in [0.25, 0.3) is 0 Å². The second kappa shape index (κ2) is 1.25. The number of hydrogen-bond acceptors (Lipinski definition) is 0. The average Bonchev–Trinajstić information content (AvgIpc) is 0.722. The Bertz CT molecular complexity index is 19.1. The summed E-state index contributed by atoms with van der Waals surface area (Å²) in [5.74, 6) is 0. The summed E-state index contributed by atoms with van der Waals surface area (Å²) in [5, 5.41) is 0. The van der Waals surface area contributed by atoms with E-state index in [-0.39, 0.29) is 0 Å². The van der Waals surface area contributed by atoms with Crippen LogP contribution in [0.5, 0.6) is 0 Å². The van der Waals surface area contributed by atoms with Crippen molar-refractivity contribution in [1.29, 1.82) is 0 Å². The fourth-order valence-electron chi connectivity index (χ4n) is 0. The Hall–Kier alpha value is 0.408. The van der Waals surface area contributed by atoms with Crippen molar-refractivity contribution in [3.05, 3.63) is 0 Å². The summed E-state index contributed by atoms with van der Waals surface area (Å²) >= 11 is -6.94. The van der Waals surface area contributed by atoms with Crippen molar-refractivity contribution in [2.24, 2.45) is 0 Å². The van der Waals surface area contributed by atoms with E-state index in [1.54, 1.807) is 0 Å². The van der Waals surface area contributed by atoms with Gasteiger partial charge in [0.05, 0.1) is 0 Å². The first-order chi connectivity index (χ1) is 2.00. The van der Waals surface area contributed by atoms with E-state index >= 15 is 0 Å².